The van der Waals surface area contributed by atoms with Gasteiger partial charge in [-0.25, -0.2) is 4.98 Å². The summed E-state index contributed by atoms with van der Waals surface area (Å²) in [4.78, 5) is 8.08. The van der Waals surface area contributed by atoms with Crippen molar-refractivity contribution in [3.05, 3.63) is 41.9 Å². The zero-order valence-corrected chi connectivity index (χ0v) is 11.8. The van der Waals surface area contributed by atoms with Gasteiger partial charge in [-0.1, -0.05) is 0 Å². The maximum absolute atomic E-state index is 5.53. The molecular formula is C13H15N7O. The summed E-state index contributed by atoms with van der Waals surface area (Å²) in [5.41, 5.74) is 2.66. The number of hydrogen-bond acceptors (Lipinski definition) is 7. The monoisotopic (exact) mass is 285 g/mol. The predicted molar refractivity (Wildman–Crippen MR) is 73.8 cm³/mol. The van der Waals surface area contributed by atoms with Crippen LogP contribution >= 0.6 is 0 Å². The Morgan fingerprint density at radius 2 is 2.14 bits per heavy atom. The minimum atomic E-state index is 0.372. The first kappa shape index (κ1) is 13.4. The zero-order chi connectivity index (χ0) is 14.7. The van der Waals surface area contributed by atoms with E-state index >= 15 is 0 Å². The van der Waals surface area contributed by atoms with Gasteiger partial charge in [0.1, 0.15) is 5.69 Å². The molecule has 0 radical (unpaired) electrons. The number of rotatable bonds is 5. The average Bonchev–Trinajstić information content (AvgIpc) is 3.07. The molecule has 0 atom stereocenters. The van der Waals surface area contributed by atoms with Crippen LogP contribution in [0.1, 0.15) is 17.3 Å². The van der Waals surface area contributed by atoms with E-state index in [0.717, 1.165) is 11.4 Å². The molecule has 8 heteroatoms. The summed E-state index contributed by atoms with van der Waals surface area (Å²) in [5, 5.41) is 15.5. The SMILES string of the molecule is Cc1cc(CNCc2nnc(-c3cnccn3)o2)n(C)n1. The van der Waals surface area contributed by atoms with Gasteiger partial charge in [0.05, 0.1) is 24.1 Å². The van der Waals surface area contributed by atoms with Gasteiger partial charge in [0.25, 0.3) is 5.89 Å². The summed E-state index contributed by atoms with van der Waals surface area (Å²) >= 11 is 0. The van der Waals surface area contributed by atoms with Gasteiger partial charge in [0.2, 0.25) is 5.89 Å². The molecule has 0 saturated carbocycles. The van der Waals surface area contributed by atoms with Crippen LogP contribution in [0.3, 0.4) is 0 Å². The summed E-state index contributed by atoms with van der Waals surface area (Å²) in [5.74, 6) is 0.880. The first-order valence-corrected chi connectivity index (χ1v) is 6.51. The van der Waals surface area contributed by atoms with Gasteiger partial charge in [-0.15, -0.1) is 10.2 Å². The normalized spacial score (nSPS) is 11.0. The highest BCUT2D eigenvalue weighted by molar-refractivity contribution is 5.42. The fourth-order valence-electron chi connectivity index (χ4n) is 1.97. The van der Waals surface area contributed by atoms with Crippen LogP contribution in [0.5, 0.6) is 0 Å². The van der Waals surface area contributed by atoms with Crippen LogP contribution in [0.15, 0.2) is 29.1 Å². The lowest BCUT2D eigenvalue weighted by molar-refractivity contribution is 0.472. The van der Waals surface area contributed by atoms with Crippen molar-refractivity contribution >= 4 is 0 Å². The minimum absolute atomic E-state index is 0.372. The van der Waals surface area contributed by atoms with Gasteiger partial charge in [0.15, 0.2) is 0 Å². The molecule has 0 unspecified atom stereocenters. The Kier molecular flexibility index (Phi) is 3.69. The Bertz CT molecular complexity index is 719. The van der Waals surface area contributed by atoms with E-state index in [9.17, 15) is 0 Å². The van der Waals surface area contributed by atoms with Crippen molar-refractivity contribution in [1.29, 1.82) is 0 Å². The van der Waals surface area contributed by atoms with E-state index in [1.165, 1.54) is 0 Å². The molecule has 3 rings (SSSR count). The molecule has 108 valence electrons. The topological polar surface area (TPSA) is 94.5 Å². The highest BCUT2D eigenvalue weighted by Crippen LogP contribution is 2.13. The van der Waals surface area contributed by atoms with Crippen LogP contribution in [0.2, 0.25) is 0 Å². The summed E-state index contributed by atoms with van der Waals surface area (Å²) in [6.45, 7) is 3.13. The molecule has 8 nitrogen and oxygen atoms in total. The molecule has 0 aliphatic carbocycles. The maximum Gasteiger partial charge on any atom is 0.267 e. The van der Waals surface area contributed by atoms with Gasteiger partial charge in [-0.05, 0) is 13.0 Å². The third kappa shape index (κ3) is 3.11. The molecule has 0 aliphatic rings. The molecule has 0 aliphatic heterocycles. The van der Waals surface area contributed by atoms with Crippen molar-refractivity contribution in [2.75, 3.05) is 0 Å². The van der Waals surface area contributed by atoms with Crippen molar-refractivity contribution in [1.82, 2.24) is 35.3 Å². The third-order valence-electron chi connectivity index (χ3n) is 2.93. The molecule has 0 bridgehead atoms. The van der Waals surface area contributed by atoms with Gasteiger partial charge < -0.3 is 9.73 Å². The second-order valence-corrected chi connectivity index (χ2v) is 4.60. The molecule has 1 N–H and O–H groups in total. The molecule has 21 heavy (non-hydrogen) atoms. The van der Waals surface area contributed by atoms with Gasteiger partial charge >= 0.3 is 0 Å². The Hall–Kier alpha value is -2.61. The van der Waals surface area contributed by atoms with E-state index in [1.807, 2.05) is 24.7 Å². The summed E-state index contributed by atoms with van der Waals surface area (Å²) in [6, 6.07) is 2.03. The predicted octanol–water partition coefficient (Wildman–Crippen LogP) is 0.858. The van der Waals surface area contributed by atoms with Crippen LogP contribution in [0.25, 0.3) is 11.6 Å². The van der Waals surface area contributed by atoms with Gasteiger partial charge in [0, 0.05) is 26.0 Å². The lowest BCUT2D eigenvalue weighted by Gasteiger charge is -2.01. The lowest BCUT2D eigenvalue weighted by atomic mass is 10.3. The van der Waals surface area contributed by atoms with Crippen LogP contribution in [-0.2, 0) is 20.1 Å². The first-order valence-electron chi connectivity index (χ1n) is 6.51. The smallest absolute Gasteiger partial charge is 0.267 e. The average molecular weight is 285 g/mol. The fourth-order valence-corrected chi connectivity index (χ4v) is 1.97. The van der Waals surface area contributed by atoms with E-state index in [2.05, 4.69) is 30.6 Å². The Balaban J connectivity index is 1.59. The highest BCUT2D eigenvalue weighted by Gasteiger charge is 2.09. The second kappa shape index (κ2) is 5.80. The molecular weight excluding hydrogens is 270 g/mol. The lowest BCUT2D eigenvalue weighted by Crippen LogP contribution is -2.15. The molecule has 3 aromatic rings. The van der Waals surface area contributed by atoms with Crippen LogP contribution in [0, 0.1) is 6.92 Å². The van der Waals surface area contributed by atoms with Gasteiger partial charge in [-0.2, -0.15) is 5.10 Å². The number of aromatic nitrogens is 6. The third-order valence-corrected chi connectivity index (χ3v) is 2.93. The first-order chi connectivity index (χ1) is 10.2. The summed E-state index contributed by atoms with van der Waals surface area (Å²) in [7, 11) is 1.92. The van der Waals surface area contributed by atoms with Crippen molar-refractivity contribution in [3.8, 4) is 11.6 Å². The quantitative estimate of drug-likeness (QED) is 0.742. The molecule has 0 aromatic carbocycles. The van der Waals surface area contributed by atoms with Crippen LogP contribution in [0.4, 0.5) is 0 Å². The van der Waals surface area contributed by atoms with Crippen LogP contribution < -0.4 is 5.32 Å². The van der Waals surface area contributed by atoms with Crippen molar-refractivity contribution < 1.29 is 4.42 Å². The van der Waals surface area contributed by atoms with E-state index in [0.29, 0.717) is 30.6 Å². The molecule has 3 aromatic heterocycles. The van der Waals surface area contributed by atoms with E-state index in [4.69, 9.17) is 4.42 Å². The minimum Gasteiger partial charge on any atom is -0.418 e. The number of aryl methyl sites for hydroxylation is 2. The standard InChI is InChI=1S/C13H15N7O/c1-9-5-10(20(2)19-9)6-15-8-12-17-18-13(21-12)11-7-14-3-4-16-11/h3-5,7,15H,6,8H2,1-2H3. The zero-order valence-electron chi connectivity index (χ0n) is 11.8. The van der Waals surface area contributed by atoms with Gasteiger partial charge in [-0.3, -0.25) is 9.67 Å². The van der Waals surface area contributed by atoms with E-state index in [-0.39, 0.29) is 0 Å². The number of nitrogens with zero attached hydrogens (tertiary/aromatic N) is 6. The Morgan fingerprint density at radius 3 is 2.86 bits per heavy atom. The fraction of sp³-hybridized carbons (Fsp3) is 0.308. The Morgan fingerprint density at radius 1 is 1.24 bits per heavy atom. The number of hydrogen-bond donors (Lipinski definition) is 1. The summed E-state index contributed by atoms with van der Waals surface area (Å²) in [6.07, 6.45) is 4.77. The van der Waals surface area contributed by atoms with E-state index in [1.54, 1.807) is 18.6 Å². The molecule has 0 fully saturated rings. The highest BCUT2D eigenvalue weighted by atomic mass is 16.4. The number of nitrogens with one attached hydrogen (secondary N) is 1. The van der Waals surface area contributed by atoms with E-state index < -0.39 is 0 Å². The molecule has 0 spiro atoms. The van der Waals surface area contributed by atoms with Crippen molar-refractivity contribution in [2.24, 2.45) is 7.05 Å². The summed E-state index contributed by atoms with van der Waals surface area (Å²) < 4.78 is 7.38. The van der Waals surface area contributed by atoms with Crippen LogP contribution in [-0.4, -0.2) is 29.9 Å². The Labute approximate surface area is 121 Å². The maximum atomic E-state index is 5.53. The van der Waals surface area contributed by atoms with Crippen molar-refractivity contribution in [2.45, 2.75) is 20.0 Å². The molecule has 3 heterocycles. The van der Waals surface area contributed by atoms with Crippen molar-refractivity contribution in [3.63, 3.8) is 0 Å². The largest absolute Gasteiger partial charge is 0.418 e. The molecule has 0 saturated heterocycles. The molecule has 0 amide bonds. The second-order valence-electron chi connectivity index (χ2n) is 4.60.